The summed E-state index contributed by atoms with van der Waals surface area (Å²) in [6.45, 7) is 0.871. The minimum atomic E-state index is -5.08. The summed E-state index contributed by atoms with van der Waals surface area (Å²) in [4.78, 5) is 19.1. The summed E-state index contributed by atoms with van der Waals surface area (Å²) in [5.74, 6) is -1.27. The molecule has 0 aromatic rings. The van der Waals surface area contributed by atoms with Gasteiger partial charge >= 0.3 is 12.1 Å². The molecular weight excluding hydrogens is 217 g/mol. The number of halogens is 3. The van der Waals surface area contributed by atoms with Crippen LogP contribution < -0.4 is 11.1 Å². The molecule has 0 aromatic heterocycles. The van der Waals surface area contributed by atoms with E-state index in [1.807, 2.05) is 5.92 Å². The first-order chi connectivity index (χ1) is 6.75. The van der Waals surface area contributed by atoms with E-state index in [1.54, 1.807) is 0 Å². The van der Waals surface area contributed by atoms with Crippen molar-refractivity contribution in [2.24, 2.45) is 5.73 Å². The third kappa shape index (κ3) is 12.2. The van der Waals surface area contributed by atoms with Crippen LogP contribution in [-0.4, -0.2) is 36.2 Å². The van der Waals surface area contributed by atoms with E-state index >= 15 is 0 Å². The third-order valence-electron chi connectivity index (χ3n) is 0.803. The fraction of sp³-hybridized carbons (Fsp3) is 0.429. The van der Waals surface area contributed by atoms with Crippen molar-refractivity contribution in [3.8, 4) is 12.3 Å². The summed E-state index contributed by atoms with van der Waals surface area (Å²) in [7, 11) is 0. The van der Waals surface area contributed by atoms with Crippen molar-refractivity contribution in [1.29, 1.82) is 0 Å². The van der Waals surface area contributed by atoms with Crippen LogP contribution >= 0.6 is 0 Å². The fourth-order valence-corrected chi connectivity index (χ4v) is 0.237. The Morgan fingerprint density at radius 3 is 2.07 bits per heavy atom. The molecule has 0 radical (unpaired) electrons. The van der Waals surface area contributed by atoms with Crippen molar-refractivity contribution >= 4 is 11.9 Å². The molecule has 0 heterocycles. The first kappa shape index (κ1) is 15.7. The standard InChI is InChI=1S/C5H8N2O.C2HF3O2/c1-2-5(8)7-4-3-6;3-2(4,5)1(6)7/h1H,3-4,6H2,(H,7,8);(H,6,7). The monoisotopic (exact) mass is 226 g/mol. The van der Waals surface area contributed by atoms with E-state index in [0.717, 1.165) is 0 Å². The topological polar surface area (TPSA) is 92.4 Å². The van der Waals surface area contributed by atoms with Crippen molar-refractivity contribution < 1.29 is 27.9 Å². The molecule has 0 atom stereocenters. The molecule has 8 heteroatoms. The van der Waals surface area contributed by atoms with Crippen molar-refractivity contribution in [1.82, 2.24) is 5.32 Å². The van der Waals surface area contributed by atoms with Gasteiger partial charge in [-0.05, 0) is 5.92 Å². The molecule has 0 aliphatic rings. The fourth-order valence-electron chi connectivity index (χ4n) is 0.237. The van der Waals surface area contributed by atoms with Gasteiger partial charge in [0.15, 0.2) is 0 Å². The van der Waals surface area contributed by atoms with Gasteiger partial charge in [0.2, 0.25) is 0 Å². The van der Waals surface area contributed by atoms with Crippen LogP contribution in [0.3, 0.4) is 0 Å². The number of nitrogens with two attached hydrogens (primary N) is 1. The highest BCUT2D eigenvalue weighted by Crippen LogP contribution is 2.13. The summed E-state index contributed by atoms with van der Waals surface area (Å²) in [6, 6.07) is 0. The van der Waals surface area contributed by atoms with Crippen LogP contribution in [0.5, 0.6) is 0 Å². The molecule has 5 nitrogen and oxygen atoms in total. The highest BCUT2D eigenvalue weighted by molar-refractivity contribution is 5.92. The van der Waals surface area contributed by atoms with E-state index in [9.17, 15) is 18.0 Å². The molecule has 0 saturated heterocycles. The minimum absolute atomic E-state index is 0.407. The zero-order chi connectivity index (χ0) is 12.5. The maximum absolute atomic E-state index is 10.6. The molecule has 0 aliphatic carbocycles. The molecule has 0 bridgehead atoms. The molecule has 4 N–H and O–H groups in total. The lowest BCUT2D eigenvalue weighted by Gasteiger charge is -1.93. The number of hydrogen-bond donors (Lipinski definition) is 3. The number of nitrogens with one attached hydrogen (secondary N) is 1. The number of carboxylic acid groups (broad SMARTS) is 1. The van der Waals surface area contributed by atoms with E-state index in [4.69, 9.17) is 22.1 Å². The Labute approximate surface area is 83.4 Å². The van der Waals surface area contributed by atoms with Crippen LogP contribution in [0.2, 0.25) is 0 Å². The van der Waals surface area contributed by atoms with E-state index in [2.05, 4.69) is 5.32 Å². The van der Waals surface area contributed by atoms with Crippen molar-refractivity contribution in [3.05, 3.63) is 0 Å². The van der Waals surface area contributed by atoms with Gasteiger partial charge in [0.1, 0.15) is 0 Å². The lowest BCUT2D eigenvalue weighted by Crippen LogP contribution is -2.27. The third-order valence-corrected chi connectivity index (χ3v) is 0.803. The molecule has 15 heavy (non-hydrogen) atoms. The van der Waals surface area contributed by atoms with Crippen LogP contribution in [0.1, 0.15) is 0 Å². The Morgan fingerprint density at radius 2 is 1.87 bits per heavy atom. The van der Waals surface area contributed by atoms with Gasteiger partial charge in [-0.2, -0.15) is 13.2 Å². The lowest BCUT2D eigenvalue weighted by atomic mass is 10.6. The number of amides is 1. The zero-order valence-electron chi connectivity index (χ0n) is 7.47. The van der Waals surface area contributed by atoms with E-state index in [-0.39, 0.29) is 0 Å². The molecule has 1 amide bonds. The van der Waals surface area contributed by atoms with E-state index in [0.29, 0.717) is 13.1 Å². The van der Waals surface area contributed by atoms with E-state index < -0.39 is 18.1 Å². The second-order valence-electron chi connectivity index (χ2n) is 1.99. The number of terminal acetylenes is 1. The Balaban J connectivity index is 0. The summed E-state index contributed by atoms with van der Waals surface area (Å²) in [5.41, 5.74) is 5.05. The van der Waals surface area contributed by atoms with Crippen LogP contribution in [0.15, 0.2) is 0 Å². The highest BCUT2D eigenvalue weighted by Gasteiger charge is 2.38. The van der Waals surface area contributed by atoms with Gasteiger partial charge in [0.25, 0.3) is 5.91 Å². The van der Waals surface area contributed by atoms with E-state index in [1.165, 1.54) is 0 Å². The second-order valence-corrected chi connectivity index (χ2v) is 1.99. The van der Waals surface area contributed by atoms with Gasteiger partial charge in [-0.15, -0.1) is 6.42 Å². The summed E-state index contributed by atoms with van der Waals surface area (Å²) in [6.07, 6.45) is -0.373. The van der Waals surface area contributed by atoms with Gasteiger partial charge in [0.05, 0.1) is 0 Å². The number of aliphatic carboxylic acids is 1. The molecule has 86 valence electrons. The largest absolute Gasteiger partial charge is 0.490 e. The average molecular weight is 226 g/mol. The maximum atomic E-state index is 10.6. The number of carbonyl (C=O) groups is 2. The van der Waals surface area contributed by atoms with Crippen molar-refractivity contribution in [3.63, 3.8) is 0 Å². The van der Waals surface area contributed by atoms with Crippen molar-refractivity contribution in [2.45, 2.75) is 6.18 Å². The second kappa shape index (κ2) is 7.64. The molecule has 0 spiro atoms. The quantitative estimate of drug-likeness (QED) is 0.544. The number of hydrogen-bond acceptors (Lipinski definition) is 3. The number of rotatable bonds is 2. The molecule has 0 rings (SSSR count). The average Bonchev–Trinajstić information content (AvgIpc) is 2.13. The molecule has 0 aliphatic heterocycles. The van der Waals surface area contributed by atoms with Gasteiger partial charge in [-0.3, -0.25) is 4.79 Å². The predicted octanol–water partition coefficient (Wildman–Crippen LogP) is -0.672. The molecule has 0 aromatic carbocycles. The smallest absolute Gasteiger partial charge is 0.475 e. The zero-order valence-corrected chi connectivity index (χ0v) is 7.47. The summed E-state index contributed by atoms with van der Waals surface area (Å²) in [5, 5.41) is 9.51. The highest BCUT2D eigenvalue weighted by atomic mass is 19.4. The van der Waals surface area contributed by atoms with Gasteiger partial charge in [-0.25, -0.2) is 4.79 Å². The number of carboxylic acids is 1. The summed E-state index contributed by atoms with van der Waals surface area (Å²) < 4.78 is 31.7. The van der Waals surface area contributed by atoms with Crippen LogP contribution in [-0.2, 0) is 9.59 Å². The number of alkyl halides is 3. The minimum Gasteiger partial charge on any atom is -0.475 e. The Bertz CT molecular complexity index is 257. The lowest BCUT2D eigenvalue weighted by molar-refractivity contribution is -0.192. The molecular formula is C7H9F3N2O3. The maximum Gasteiger partial charge on any atom is 0.490 e. The van der Waals surface area contributed by atoms with Gasteiger partial charge in [-0.1, -0.05) is 0 Å². The predicted molar refractivity (Wildman–Crippen MR) is 44.6 cm³/mol. The first-order valence-electron chi connectivity index (χ1n) is 3.50. The van der Waals surface area contributed by atoms with Gasteiger partial charge in [0, 0.05) is 13.1 Å². The Kier molecular flexibility index (Phi) is 8.00. The van der Waals surface area contributed by atoms with Crippen LogP contribution in [0.25, 0.3) is 0 Å². The summed E-state index contributed by atoms with van der Waals surface area (Å²) >= 11 is 0. The molecule has 0 unspecified atom stereocenters. The van der Waals surface area contributed by atoms with Crippen LogP contribution in [0, 0.1) is 12.3 Å². The Hall–Kier alpha value is -1.75. The SMILES string of the molecule is C#CC(=O)NCCN.O=C(O)C(F)(F)F. The van der Waals surface area contributed by atoms with Crippen LogP contribution in [0.4, 0.5) is 13.2 Å². The molecule has 0 fully saturated rings. The Morgan fingerprint density at radius 1 is 1.47 bits per heavy atom. The first-order valence-corrected chi connectivity index (χ1v) is 3.50. The number of carbonyl (C=O) groups excluding carboxylic acids is 1. The normalized spacial score (nSPS) is 9.27. The van der Waals surface area contributed by atoms with Gasteiger partial charge < -0.3 is 16.2 Å². The molecule has 0 saturated carbocycles. The van der Waals surface area contributed by atoms with Crippen molar-refractivity contribution in [2.75, 3.05) is 13.1 Å².